The molecule has 1 aromatic rings. The molecule has 34 heavy (non-hydrogen) atoms. The van der Waals surface area contributed by atoms with E-state index < -0.39 is 22.1 Å². The lowest BCUT2D eigenvalue weighted by atomic mass is 10.0. The minimum atomic E-state index is -3.79. The quantitative estimate of drug-likeness (QED) is 0.183. The van der Waals surface area contributed by atoms with Crippen LogP contribution in [0.3, 0.4) is 0 Å². The third-order valence-corrected chi connectivity index (χ3v) is 6.82. The number of hydrogen-bond donors (Lipinski definition) is 2. The highest BCUT2D eigenvalue weighted by atomic mass is 32.2. The molecule has 0 fully saturated rings. The summed E-state index contributed by atoms with van der Waals surface area (Å²) in [5.74, 6) is -1.43. The first-order chi connectivity index (χ1) is 16.3. The van der Waals surface area contributed by atoms with Gasteiger partial charge in [-0.15, -0.1) is 0 Å². The molecule has 0 aliphatic carbocycles. The molecule has 0 unspecified atom stereocenters. The van der Waals surface area contributed by atoms with Gasteiger partial charge in [0.05, 0.1) is 18.4 Å². The largest absolute Gasteiger partial charge is 0.512 e. The van der Waals surface area contributed by atoms with Gasteiger partial charge in [0.2, 0.25) is 10.0 Å². The van der Waals surface area contributed by atoms with Gasteiger partial charge in [0.1, 0.15) is 0 Å². The molecule has 0 bridgehead atoms. The van der Waals surface area contributed by atoms with E-state index in [0.29, 0.717) is 6.42 Å². The lowest BCUT2D eigenvalue weighted by Crippen LogP contribution is -2.32. The number of ether oxygens (including phenoxy) is 2. The molecule has 1 rings (SSSR count). The molecule has 0 saturated carbocycles. The molecule has 10 heteroatoms. The van der Waals surface area contributed by atoms with E-state index >= 15 is 0 Å². The van der Waals surface area contributed by atoms with Crippen LogP contribution in [-0.4, -0.2) is 43.4 Å². The number of nitrogens with zero attached hydrogens (tertiary/aromatic N) is 1. The van der Waals surface area contributed by atoms with Crippen molar-refractivity contribution in [2.75, 3.05) is 12.9 Å². The maximum absolute atomic E-state index is 12.3. The highest BCUT2D eigenvalue weighted by Gasteiger charge is 2.19. The third kappa shape index (κ3) is 13.4. The number of hydrogen-bond acceptors (Lipinski definition) is 7. The molecule has 0 aromatic carbocycles. The number of carbonyl (C=O) groups excluding carboxylic acids is 1. The average Bonchev–Trinajstić information content (AvgIpc) is 2.78. The zero-order chi connectivity index (χ0) is 25.2. The summed E-state index contributed by atoms with van der Waals surface area (Å²) in [6.45, 7) is 2.23. The van der Waals surface area contributed by atoms with Crippen molar-refractivity contribution in [3.8, 4) is 11.6 Å². The summed E-state index contributed by atoms with van der Waals surface area (Å²) < 4.78 is 35.8. The molecular formula is C24H40N2O7S. The van der Waals surface area contributed by atoms with E-state index in [4.69, 9.17) is 9.84 Å². The van der Waals surface area contributed by atoms with Gasteiger partial charge in [-0.3, -0.25) is 4.79 Å². The summed E-state index contributed by atoms with van der Waals surface area (Å²) in [4.78, 5) is 26.6. The van der Waals surface area contributed by atoms with E-state index in [1.807, 2.05) is 4.72 Å². The first kappa shape index (κ1) is 29.7. The molecule has 2 N–H and O–H groups in total. The van der Waals surface area contributed by atoms with Gasteiger partial charge >= 0.3 is 6.16 Å². The molecule has 1 aromatic heterocycles. The summed E-state index contributed by atoms with van der Waals surface area (Å²) in [7, 11) is -2.54. The number of aromatic nitrogens is 1. The van der Waals surface area contributed by atoms with Crippen LogP contribution in [0.2, 0.25) is 0 Å². The van der Waals surface area contributed by atoms with Crippen LogP contribution in [0, 0.1) is 0 Å². The fourth-order valence-electron chi connectivity index (χ4n) is 3.60. The number of amides is 1. The second-order valence-corrected chi connectivity index (χ2v) is 10.3. The van der Waals surface area contributed by atoms with Crippen LogP contribution in [-0.2, 0) is 10.0 Å². The molecular weight excluding hydrogens is 460 g/mol. The Morgan fingerprint density at radius 2 is 1.41 bits per heavy atom. The average molecular weight is 501 g/mol. The van der Waals surface area contributed by atoms with E-state index in [2.05, 4.69) is 16.6 Å². The Bertz CT molecular complexity index is 844. The van der Waals surface area contributed by atoms with Gasteiger partial charge in [-0.2, -0.15) is 0 Å². The molecule has 9 nitrogen and oxygen atoms in total. The molecule has 1 amide bonds. The van der Waals surface area contributed by atoms with Gasteiger partial charge in [0, 0.05) is 12.3 Å². The smallest absolute Gasteiger partial charge is 0.491 e. The second kappa shape index (κ2) is 17.1. The predicted octanol–water partition coefficient (Wildman–Crippen LogP) is 5.69. The topological polar surface area (TPSA) is 132 Å². The van der Waals surface area contributed by atoms with Gasteiger partial charge in [0.25, 0.3) is 11.8 Å². The summed E-state index contributed by atoms with van der Waals surface area (Å²) in [6.07, 6.45) is 15.8. The molecule has 0 aliphatic rings. The van der Waals surface area contributed by atoms with E-state index in [9.17, 15) is 18.0 Å². The Balaban J connectivity index is 2.21. The molecule has 0 aliphatic heterocycles. The first-order valence-corrected chi connectivity index (χ1v) is 13.9. The maximum atomic E-state index is 12.3. The Labute approximate surface area is 203 Å². The fourth-order valence-corrected chi connectivity index (χ4v) is 4.69. The lowest BCUT2D eigenvalue weighted by molar-refractivity contribution is 0.0980. The van der Waals surface area contributed by atoms with Gasteiger partial charge in [-0.1, -0.05) is 90.4 Å². The van der Waals surface area contributed by atoms with Crippen molar-refractivity contribution >= 4 is 22.1 Å². The van der Waals surface area contributed by atoms with Crippen molar-refractivity contribution in [1.82, 2.24) is 9.71 Å². The zero-order valence-electron chi connectivity index (χ0n) is 20.5. The maximum Gasteiger partial charge on any atom is 0.512 e. The van der Waals surface area contributed by atoms with E-state index in [1.54, 1.807) is 0 Å². The van der Waals surface area contributed by atoms with Gasteiger partial charge < -0.3 is 14.6 Å². The zero-order valence-corrected chi connectivity index (χ0v) is 21.3. The first-order valence-electron chi connectivity index (χ1n) is 12.3. The van der Waals surface area contributed by atoms with Crippen LogP contribution in [0.1, 0.15) is 107 Å². The number of sulfonamides is 1. The number of unbranched alkanes of at least 4 members (excludes halogenated alkanes) is 13. The summed E-state index contributed by atoms with van der Waals surface area (Å²) in [5, 5.41) is 8.67. The number of nitrogens with one attached hydrogen (secondary N) is 1. The van der Waals surface area contributed by atoms with Crippen molar-refractivity contribution in [2.45, 2.75) is 96.8 Å². The number of rotatable bonds is 19. The Kier molecular flexibility index (Phi) is 14.9. The van der Waals surface area contributed by atoms with Crippen molar-refractivity contribution in [2.24, 2.45) is 0 Å². The van der Waals surface area contributed by atoms with Crippen LogP contribution in [0.15, 0.2) is 12.3 Å². The highest BCUT2D eigenvalue weighted by molar-refractivity contribution is 7.90. The number of carbonyl (C=O) groups is 2. The molecule has 0 saturated heterocycles. The van der Waals surface area contributed by atoms with E-state index in [1.165, 1.54) is 77.4 Å². The van der Waals surface area contributed by atoms with Gasteiger partial charge in [0.15, 0.2) is 5.75 Å². The van der Waals surface area contributed by atoms with Crippen molar-refractivity contribution < 1.29 is 32.6 Å². The Hall–Kier alpha value is -2.36. The minimum Gasteiger partial charge on any atom is -0.491 e. The normalized spacial score (nSPS) is 11.2. The second-order valence-electron chi connectivity index (χ2n) is 8.45. The standard InChI is InChI=1S/C24H40N2O7S/c1-3-4-5-6-7-8-9-10-11-12-13-14-15-16-17-34(30,31)26-22(27)20-18-21(32-2)23(25-19-20)33-24(28)29/h18-19H,3-17H2,1-2H3,(H,26,27)(H,28,29). The predicted molar refractivity (Wildman–Crippen MR) is 131 cm³/mol. The Morgan fingerprint density at radius 1 is 0.912 bits per heavy atom. The third-order valence-electron chi connectivity index (χ3n) is 5.50. The number of pyridine rings is 1. The molecule has 0 atom stereocenters. The molecule has 0 spiro atoms. The van der Waals surface area contributed by atoms with E-state index in [-0.39, 0.29) is 22.9 Å². The number of methoxy groups -OCH3 is 1. The summed E-state index contributed by atoms with van der Waals surface area (Å²) >= 11 is 0. The fraction of sp³-hybridized carbons (Fsp3) is 0.708. The molecule has 0 radical (unpaired) electrons. The summed E-state index contributed by atoms with van der Waals surface area (Å²) in [6, 6.07) is 1.17. The van der Waals surface area contributed by atoms with Gasteiger partial charge in [-0.25, -0.2) is 22.9 Å². The highest BCUT2D eigenvalue weighted by Crippen LogP contribution is 2.25. The molecule has 1 heterocycles. The van der Waals surface area contributed by atoms with Crippen LogP contribution < -0.4 is 14.2 Å². The number of carboxylic acid groups (broad SMARTS) is 1. The van der Waals surface area contributed by atoms with Crippen LogP contribution >= 0.6 is 0 Å². The van der Waals surface area contributed by atoms with Crippen molar-refractivity contribution in [3.05, 3.63) is 17.8 Å². The van der Waals surface area contributed by atoms with Gasteiger partial charge in [-0.05, 0) is 6.42 Å². The Morgan fingerprint density at radius 3 is 1.88 bits per heavy atom. The van der Waals surface area contributed by atoms with Crippen LogP contribution in [0.4, 0.5) is 4.79 Å². The summed E-state index contributed by atoms with van der Waals surface area (Å²) in [5.41, 5.74) is -0.0841. The van der Waals surface area contributed by atoms with Crippen molar-refractivity contribution in [1.29, 1.82) is 0 Å². The minimum absolute atomic E-state index is 0.0841. The monoisotopic (exact) mass is 500 g/mol. The SMILES string of the molecule is CCCCCCCCCCCCCCCCS(=O)(=O)NC(=O)c1cnc(OC(=O)O)c(OC)c1. The van der Waals surface area contributed by atoms with Crippen molar-refractivity contribution in [3.63, 3.8) is 0 Å². The van der Waals surface area contributed by atoms with Crippen LogP contribution in [0.25, 0.3) is 0 Å². The van der Waals surface area contributed by atoms with Crippen LogP contribution in [0.5, 0.6) is 11.6 Å². The molecule has 194 valence electrons. The lowest BCUT2D eigenvalue weighted by Gasteiger charge is -2.09. The van der Waals surface area contributed by atoms with E-state index in [0.717, 1.165) is 25.5 Å².